The van der Waals surface area contributed by atoms with Gasteiger partial charge in [-0.1, -0.05) is 99.2 Å². The summed E-state index contributed by atoms with van der Waals surface area (Å²) in [5.74, 6) is 0. The quantitative estimate of drug-likeness (QED) is 0.377. The van der Waals surface area contributed by atoms with E-state index in [0.29, 0.717) is 0 Å². The molecule has 2 rings (SSSR count). The Kier molecular flexibility index (Phi) is 18.4. The largest absolute Gasteiger partial charge is 0.103 e. The summed E-state index contributed by atoms with van der Waals surface area (Å²) < 4.78 is 0. The van der Waals surface area contributed by atoms with Gasteiger partial charge in [0.05, 0.1) is 0 Å². The summed E-state index contributed by atoms with van der Waals surface area (Å²) in [7, 11) is 0. The van der Waals surface area contributed by atoms with Gasteiger partial charge in [0.25, 0.3) is 0 Å². The molecule has 0 heterocycles. The van der Waals surface area contributed by atoms with Crippen LogP contribution in [0.3, 0.4) is 0 Å². The van der Waals surface area contributed by atoms with Crippen LogP contribution in [0.4, 0.5) is 0 Å². The first kappa shape index (κ1) is 26.9. The van der Waals surface area contributed by atoms with Crippen LogP contribution in [0.25, 0.3) is 12.2 Å². The summed E-state index contributed by atoms with van der Waals surface area (Å²) in [6.07, 6.45) is 11.2. The molecule has 0 saturated carbocycles. The van der Waals surface area contributed by atoms with Crippen molar-refractivity contribution in [2.24, 2.45) is 0 Å². The first-order chi connectivity index (χ1) is 13.0. The molecule has 0 heteroatoms. The summed E-state index contributed by atoms with van der Waals surface area (Å²) >= 11 is 0. The van der Waals surface area contributed by atoms with E-state index in [0.717, 1.165) is 6.42 Å². The van der Waals surface area contributed by atoms with Crippen molar-refractivity contribution >= 4 is 12.2 Å². The summed E-state index contributed by atoms with van der Waals surface area (Å²) in [5.41, 5.74) is 6.64. The number of hydrogen-bond donors (Lipinski definition) is 0. The van der Waals surface area contributed by atoms with E-state index in [1.165, 1.54) is 27.8 Å². The van der Waals surface area contributed by atoms with Gasteiger partial charge in [-0.2, -0.15) is 0 Å². The van der Waals surface area contributed by atoms with Gasteiger partial charge in [0, 0.05) is 0 Å². The highest BCUT2D eigenvalue weighted by Gasteiger charge is 1.96. The molecule has 148 valence electrons. The van der Waals surface area contributed by atoms with Gasteiger partial charge in [-0.15, -0.1) is 6.58 Å². The molecular weight excluding hydrogens is 324 g/mol. The van der Waals surface area contributed by atoms with E-state index < -0.39 is 0 Å². The van der Waals surface area contributed by atoms with E-state index in [4.69, 9.17) is 0 Å². The lowest BCUT2D eigenvalue weighted by molar-refractivity contribution is 1.11. The summed E-state index contributed by atoms with van der Waals surface area (Å²) in [4.78, 5) is 0. The fourth-order valence-corrected chi connectivity index (χ4v) is 2.05. The predicted molar refractivity (Wildman–Crippen MR) is 128 cm³/mol. The Bertz CT molecular complexity index is 651. The zero-order valence-electron chi connectivity index (χ0n) is 18.8. The molecule has 0 bridgehead atoms. The molecule has 0 saturated heterocycles. The minimum Gasteiger partial charge on any atom is -0.103 e. The highest BCUT2D eigenvalue weighted by atomic mass is 14.0. The van der Waals surface area contributed by atoms with Crippen molar-refractivity contribution in [2.45, 2.75) is 61.8 Å². The maximum atomic E-state index is 3.36. The molecule has 0 unspecified atom stereocenters. The van der Waals surface area contributed by atoms with Crippen molar-refractivity contribution in [3.63, 3.8) is 0 Å². The van der Waals surface area contributed by atoms with Crippen LogP contribution in [0, 0.1) is 13.8 Å². The highest BCUT2D eigenvalue weighted by Crippen LogP contribution is 2.15. The molecule has 0 amide bonds. The van der Waals surface area contributed by atoms with Crippen molar-refractivity contribution < 1.29 is 0 Å². The van der Waals surface area contributed by atoms with Gasteiger partial charge in [-0.05, 0) is 63.3 Å². The van der Waals surface area contributed by atoms with E-state index in [-0.39, 0.29) is 0 Å². The van der Waals surface area contributed by atoms with Gasteiger partial charge < -0.3 is 0 Å². The first-order valence-corrected chi connectivity index (χ1v) is 10.0. The van der Waals surface area contributed by atoms with Crippen LogP contribution >= 0.6 is 0 Å². The van der Waals surface area contributed by atoms with E-state index >= 15 is 0 Å². The Morgan fingerprint density at radius 1 is 0.778 bits per heavy atom. The second kappa shape index (κ2) is 18.5. The van der Waals surface area contributed by atoms with Crippen LogP contribution in [0.15, 0.2) is 67.3 Å². The van der Waals surface area contributed by atoms with E-state index in [2.05, 4.69) is 82.0 Å². The third-order valence-corrected chi connectivity index (χ3v) is 3.63. The van der Waals surface area contributed by atoms with Gasteiger partial charge in [0.15, 0.2) is 0 Å². The smallest absolute Gasteiger partial charge is 0.0254 e. The number of allylic oxidation sites excluding steroid dienone is 3. The molecule has 2 aromatic rings. The van der Waals surface area contributed by atoms with Crippen LogP contribution in [-0.4, -0.2) is 0 Å². The van der Waals surface area contributed by atoms with E-state index in [9.17, 15) is 0 Å². The normalized spacial score (nSPS) is 9.48. The lowest BCUT2D eigenvalue weighted by atomic mass is 10.0. The molecule has 0 fully saturated rings. The SMILES string of the molecule is C/C=C/C.C=CC.CC.CCc1cc(/C=C/c2ccc(C)cc2)ccc1C. The van der Waals surface area contributed by atoms with E-state index in [1.54, 1.807) is 6.08 Å². The maximum Gasteiger partial charge on any atom is -0.0254 e. The van der Waals surface area contributed by atoms with Crippen molar-refractivity contribution in [1.29, 1.82) is 0 Å². The van der Waals surface area contributed by atoms with E-state index in [1.807, 2.05) is 46.8 Å². The number of aryl methyl sites for hydroxylation is 3. The van der Waals surface area contributed by atoms with Gasteiger partial charge >= 0.3 is 0 Å². The third-order valence-electron chi connectivity index (χ3n) is 3.63. The molecule has 0 atom stereocenters. The summed E-state index contributed by atoms with van der Waals surface area (Å²) in [5, 5.41) is 0. The fourth-order valence-electron chi connectivity index (χ4n) is 2.05. The zero-order valence-corrected chi connectivity index (χ0v) is 18.8. The van der Waals surface area contributed by atoms with Gasteiger partial charge in [-0.25, -0.2) is 0 Å². The average Bonchev–Trinajstić information content (AvgIpc) is 2.71. The zero-order chi connectivity index (χ0) is 21.1. The topological polar surface area (TPSA) is 0 Å². The molecule has 0 aliphatic carbocycles. The molecule has 0 radical (unpaired) electrons. The second-order valence-electron chi connectivity index (χ2n) is 5.86. The minimum atomic E-state index is 1.10. The maximum absolute atomic E-state index is 3.36. The summed E-state index contributed by atoms with van der Waals surface area (Å²) in [6.45, 7) is 19.7. The second-order valence-corrected chi connectivity index (χ2v) is 5.86. The molecule has 27 heavy (non-hydrogen) atoms. The molecule has 2 aromatic carbocycles. The fraction of sp³-hybridized carbons (Fsp3) is 0.333. The van der Waals surface area contributed by atoms with Gasteiger partial charge in [0.1, 0.15) is 0 Å². The molecule has 0 nitrogen and oxygen atoms in total. The molecule has 0 aliphatic heterocycles. The predicted octanol–water partition coefficient (Wildman–Crippen LogP) is 8.84. The minimum absolute atomic E-state index is 1.10. The monoisotopic (exact) mass is 364 g/mol. The van der Waals surface area contributed by atoms with Crippen LogP contribution < -0.4 is 0 Å². The van der Waals surface area contributed by atoms with Gasteiger partial charge in [-0.3, -0.25) is 0 Å². The van der Waals surface area contributed by atoms with Crippen LogP contribution in [0.1, 0.15) is 69.4 Å². The van der Waals surface area contributed by atoms with Crippen LogP contribution in [-0.2, 0) is 6.42 Å². The Morgan fingerprint density at radius 2 is 1.22 bits per heavy atom. The highest BCUT2D eigenvalue weighted by molar-refractivity contribution is 5.70. The third kappa shape index (κ3) is 13.5. The first-order valence-electron chi connectivity index (χ1n) is 10.0. The molecule has 0 N–H and O–H groups in total. The Morgan fingerprint density at radius 3 is 1.67 bits per heavy atom. The Balaban J connectivity index is 0. The van der Waals surface area contributed by atoms with Gasteiger partial charge in [0.2, 0.25) is 0 Å². The standard InChI is InChI=1S/C18H20.C4H8.C3H6.C2H6/c1-4-18-13-17(10-7-15(18)3)12-11-16-8-5-14(2)6-9-16;1-3-4-2;1-3-2;1-2/h5-13H,4H2,1-3H3;3-4H,1-2H3;3H,1H2,2H3;1-2H3/b12-11+;4-3+;;. The molecule has 0 aromatic heterocycles. The summed E-state index contributed by atoms with van der Waals surface area (Å²) in [6, 6.07) is 15.3. The number of benzene rings is 2. The molecule has 0 aliphatic rings. The van der Waals surface area contributed by atoms with Crippen molar-refractivity contribution in [3.8, 4) is 0 Å². The number of hydrogen-bond acceptors (Lipinski definition) is 0. The molecular formula is C27H40. The average molecular weight is 365 g/mol. The Hall–Kier alpha value is -2.34. The van der Waals surface area contributed by atoms with Crippen molar-refractivity contribution in [1.82, 2.24) is 0 Å². The number of rotatable bonds is 3. The van der Waals surface area contributed by atoms with Crippen LogP contribution in [0.2, 0.25) is 0 Å². The van der Waals surface area contributed by atoms with Crippen molar-refractivity contribution in [3.05, 3.63) is 95.1 Å². The lowest BCUT2D eigenvalue weighted by Gasteiger charge is -2.04. The van der Waals surface area contributed by atoms with Crippen molar-refractivity contribution in [2.75, 3.05) is 0 Å². The van der Waals surface area contributed by atoms with Crippen LogP contribution in [0.5, 0.6) is 0 Å². The molecule has 0 spiro atoms. The Labute approximate surface area is 169 Å². The lowest BCUT2D eigenvalue weighted by Crippen LogP contribution is -1.86.